The lowest BCUT2D eigenvalue weighted by Crippen LogP contribution is -2.23. The average molecular weight is 212 g/mol. The number of aliphatic carboxylic acids is 1. The van der Waals surface area contributed by atoms with Gasteiger partial charge in [-0.3, -0.25) is 10.6 Å². The van der Waals surface area contributed by atoms with E-state index >= 15 is 0 Å². The van der Waals surface area contributed by atoms with Crippen LogP contribution in [0.15, 0.2) is 11.8 Å². The Balaban J connectivity index is 2.75. The molecule has 15 heavy (non-hydrogen) atoms. The summed E-state index contributed by atoms with van der Waals surface area (Å²) in [5.41, 5.74) is 2.79. The molecule has 0 heterocycles. The molecule has 0 aliphatic heterocycles. The second-order valence-electron chi connectivity index (χ2n) is 4.44. The molecule has 1 rings (SSSR count). The van der Waals surface area contributed by atoms with Crippen molar-refractivity contribution in [3.05, 3.63) is 11.8 Å². The van der Waals surface area contributed by atoms with Gasteiger partial charge in [0.1, 0.15) is 0 Å². The summed E-state index contributed by atoms with van der Waals surface area (Å²) >= 11 is 0. The minimum atomic E-state index is -0.715. The Hall–Kier alpha value is -1.03. The fraction of sp³-hybridized carbons (Fsp3) is 0.727. The molecule has 1 aliphatic carbocycles. The molecule has 0 aromatic heterocycles. The summed E-state index contributed by atoms with van der Waals surface area (Å²) in [7, 11) is 0. The maximum atomic E-state index is 11.2. The van der Waals surface area contributed by atoms with Crippen LogP contribution in [-0.2, 0) is 4.79 Å². The Labute approximate surface area is 90.5 Å². The fourth-order valence-corrected chi connectivity index (χ4v) is 1.81. The van der Waals surface area contributed by atoms with Gasteiger partial charge in [-0.05, 0) is 30.8 Å². The minimum Gasteiger partial charge on any atom is -0.481 e. The number of carboxylic acids is 1. The van der Waals surface area contributed by atoms with Crippen molar-refractivity contribution >= 4 is 5.97 Å². The summed E-state index contributed by atoms with van der Waals surface area (Å²) in [4.78, 5) is 11.2. The molecule has 4 N–H and O–H groups in total. The molecular formula is C11H20N2O2. The van der Waals surface area contributed by atoms with Crippen LogP contribution < -0.4 is 11.3 Å². The first kappa shape index (κ1) is 12.0. The molecule has 4 nitrogen and oxygen atoms in total. The summed E-state index contributed by atoms with van der Waals surface area (Å²) < 4.78 is 0. The number of hydrazine groups is 1. The predicted molar refractivity (Wildman–Crippen MR) is 58.8 cm³/mol. The van der Waals surface area contributed by atoms with Gasteiger partial charge in [0.25, 0.3) is 0 Å². The molecule has 0 amide bonds. The van der Waals surface area contributed by atoms with Crippen molar-refractivity contribution in [2.45, 2.75) is 39.5 Å². The number of nitrogens with two attached hydrogens (primary N) is 1. The van der Waals surface area contributed by atoms with E-state index in [1.54, 1.807) is 6.20 Å². The lowest BCUT2D eigenvalue weighted by Gasteiger charge is -2.18. The fourth-order valence-electron chi connectivity index (χ4n) is 1.81. The van der Waals surface area contributed by atoms with Crippen molar-refractivity contribution in [1.82, 2.24) is 5.43 Å². The van der Waals surface area contributed by atoms with Gasteiger partial charge in [-0.1, -0.05) is 20.3 Å². The quantitative estimate of drug-likeness (QED) is 0.462. The van der Waals surface area contributed by atoms with Gasteiger partial charge in [-0.15, -0.1) is 0 Å². The van der Waals surface area contributed by atoms with Gasteiger partial charge < -0.3 is 10.5 Å². The van der Waals surface area contributed by atoms with E-state index in [4.69, 9.17) is 5.84 Å². The van der Waals surface area contributed by atoms with Crippen LogP contribution in [0.2, 0.25) is 0 Å². The highest BCUT2D eigenvalue weighted by molar-refractivity contribution is 5.81. The van der Waals surface area contributed by atoms with Crippen molar-refractivity contribution in [2.24, 2.45) is 17.2 Å². The van der Waals surface area contributed by atoms with E-state index in [2.05, 4.69) is 19.3 Å². The van der Waals surface area contributed by atoms with Crippen molar-refractivity contribution in [3.8, 4) is 0 Å². The second kappa shape index (κ2) is 4.66. The number of hydrogen-bond donors (Lipinski definition) is 3. The van der Waals surface area contributed by atoms with Gasteiger partial charge in [0.05, 0.1) is 5.41 Å². The van der Waals surface area contributed by atoms with E-state index in [0.717, 1.165) is 31.3 Å². The van der Waals surface area contributed by atoms with E-state index in [-0.39, 0.29) is 0 Å². The van der Waals surface area contributed by atoms with Crippen molar-refractivity contribution in [1.29, 1.82) is 0 Å². The Bertz CT molecular complexity index is 270. The number of hydrogen-bond acceptors (Lipinski definition) is 3. The first-order valence-electron chi connectivity index (χ1n) is 5.46. The summed E-state index contributed by atoms with van der Waals surface area (Å²) in [6, 6.07) is 0. The van der Waals surface area contributed by atoms with E-state index < -0.39 is 11.4 Å². The van der Waals surface area contributed by atoms with Crippen LogP contribution in [0, 0.1) is 11.3 Å². The van der Waals surface area contributed by atoms with Crippen molar-refractivity contribution in [2.75, 3.05) is 0 Å². The topological polar surface area (TPSA) is 75.3 Å². The van der Waals surface area contributed by atoms with Crippen LogP contribution in [-0.4, -0.2) is 11.1 Å². The van der Waals surface area contributed by atoms with Gasteiger partial charge in [-0.2, -0.15) is 0 Å². The first-order chi connectivity index (χ1) is 7.06. The third-order valence-corrected chi connectivity index (χ3v) is 3.30. The molecule has 0 spiro atoms. The van der Waals surface area contributed by atoms with Crippen LogP contribution in [0.5, 0.6) is 0 Å². The molecule has 1 aliphatic rings. The third-order valence-electron chi connectivity index (χ3n) is 3.30. The zero-order valence-corrected chi connectivity index (χ0v) is 9.42. The predicted octanol–water partition coefficient (Wildman–Crippen LogP) is 1.63. The van der Waals surface area contributed by atoms with Crippen LogP contribution in [0.4, 0.5) is 0 Å². The Kier molecular flexibility index (Phi) is 3.74. The number of nitrogens with one attached hydrogen (secondary N) is 1. The third kappa shape index (κ3) is 2.50. The SMILES string of the molecule is CCC(C)C/C(=C\NN)C1(C(=O)O)CC1. The molecule has 0 bridgehead atoms. The van der Waals surface area contributed by atoms with Gasteiger partial charge in [-0.25, -0.2) is 0 Å². The highest BCUT2D eigenvalue weighted by Crippen LogP contribution is 2.53. The number of carboxylic acid groups (broad SMARTS) is 1. The van der Waals surface area contributed by atoms with Gasteiger partial charge in [0, 0.05) is 6.20 Å². The van der Waals surface area contributed by atoms with Crippen LogP contribution in [0.3, 0.4) is 0 Å². The Morgan fingerprint density at radius 1 is 1.67 bits per heavy atom. The van der Waals surface area contributed by atoms with E-state index in [0.29, 0.717) is 5.92 Å². The molecule has 0 aromatic carbocycles. The lowest BCUT2D eigenvalue weighted by molar-refractivity contribution is -0.141. The highest BCUT2D eigenvalue weighted by atomic mass is 16.4. The van der Waals surface area contributed by atoms with Gasteiger partial charge >= 0.3 is 5.97 Å². The number of rotatable bonds is 6. The molecule has 1 fully saturated rings. The van der Waals surface area contributed by atoms with Crippen LogP contribution >= 0.6 is 0 Å². The Morgan fingerprint density at radius 2 is 2.27 bits per heavy atom. The van der Waals surface area contributed by atoms with E-state index in [1.807, 2.05) is 0 Å². The van der Waals surface area contributed by atoms with E-state index in [9.17, 15) is 9.90 Å². The summed E-state index contributed by atoms with van der Waals surface area (Å²) in [6.07, 6.45) is 5.01. The van der Waals surface area contributed by atoms with Gasteiger partial charge in [0.15, 0.2) is 0 Å². The lowest BCUT2D eigenvalue weighted by atomic mass is 9.88. The molecule has 1 unspecified atom stereocenters. The first-order valence-corrected chi connectivity index (χ1v) is 5.46. The summed E-state index contributed by atoms with van der Waals surface area (Å²) in [5.74, 6) is 5.04. The standard InChI is InChI=1S/C11H20N2O2/c1-3-8(2)6-9(7-13-12)11(4-5-11)10(14)15/h7-8,13H,3-6,12H2,1-2H3,(H,14,15)/b9-7+. The highest BCUT2D eigenvalue weighted by Gasteiger charge is 2.53. The summed E-state index contributed by atoms with van der Waals surface area (Å²) in [5, 5.41) is 9.18. The zero-order valence-electron chi connectivity index (χ0n) is 9.42. The van der Waals surface area contributed by atoms with Crippen molar-refractivity contribution in [3.63, 3.8) is 0 Å². The molecule has 1 saturated carbocycles. The molecule has 4 heteroatoms. The molecule has 0 radical (unpaired) electrons. The molecule has 86 valence electrons. The maximum absolute atomic E-state index is 11.2. The summed E-state index contributed by atoms with van der Waals surface area (Å²) in [6.45, 7) is 4.24. The van der Waals surface area contributed by atoms with Crippen molar-refractivity contribution < 1.29 is 9.90 Å². The molecule has 1 atom stereocenters. The maximum Gasteiger partial charge on any atom is 0.313 e. The van der Waals surface area contributed by atoms with Crippen LogP contribution in [0.1, 0.15) is 39.5 Å². The minimum absolute atomic E-state index is 0.501. The Morgan fingerprint density at radius 3 is 2.60 bits per heavy atom. The smallest absolute Gasteiger partial charge is 0.313 e. The van der Waals surface area contributed by atoms with Gasteiger partial charge in [0.2, 0.25) is 0 Å². The normalized spacial score (nSPS) is 20.9. The average Bonchev–Trinajstić information content (AvgIpc) is 2.97. The van der Waals surface area contributed by atoms with Crippen LogP contribution in [0.25, 0.3) is 0 Å². The largest absolute Gasteiger partial charge is 0.481 e. The molecular weight excluding hydrogens is 192 g/mol. The number of carbonyl (C=O) groups is 1. The molecule has 0 aromatic rings. The zero-order chi connectivity index (χ0) is 11.5. The molecule has 0 saturated heterocycles. The second-order valence-corrected chi connectivity index (χ2v) is 4.44. The van der Waals surface area contributed by atoms with E-state index in [1.165, 1.54) is 0 Å². The monoisotopic (exact) mass is 212 g/mol.